The molecule has 3 aromatic heterocycles. The van der Waals surface area contributed by atoms with Gasteiger partial charge < -0.3 is 4.98 Å². The molecule has 130 valence electrons. The molecule has 0 saturated carbocycles. The molecule has 1 N–H and O–H groups in total. The molecule has 0 atom stereocenters. The SMILES string of the molecule is C=CCN=c1scc(-c2cccs2)n1N=Cc1c(C)[nH]c2ccccc12. The number of fused-ring (bicyclic) bond motifs is 1. The van der Waals surface area contributed by atoms with Crippen LogP contribution in [-0.4, -0.2) is 22.4 Å². The quantitative estimate of drug-likeness (QED) is 0.374. The smallest absolute Gasteiger partial charge is 0.206 e. The maximum absolute atomic E-state index is 4.79. The minimum Gasteiger partial charge on any atom is -0.358 e. The zero-order chi connectivity index (χ0) is 17.9. The molecule has 0 bridgehead atoms. The van der Waals surface area contributed by atoms with Crippen molar-refractivity contribution in [3.8, 4) is 10.6 Å². The van der Waals surface area contributed by atoms with Gasteiger partial charge in [-0.2, -0.15) is 5.10 Å². The molecule has 4 aromatic rings. The topological polar surface area (TPSA) is 45.4 Å². The van der Waals surface area contributed by atoms with E-state index in [1.807, 2.05) is 23.0 Å². The van der Waals surface area contributed by atoms with Crippen LogP contribution in [0.3, 0.4) is 0 Å². The second-order valence-corrected chi connectivity index (χ2v) is 7.56. The van der Waals surface area contributed by atoms with E-state index in [1.165, 1.54) is 10.3 Å². The number of hydrogen-bond acceptors (Lipinski definition) is 4. The summed E-state index contributed by atoms with van der Waals surface area (Å²) in [6.45, 7) is 6.40. The molecule has 4 rings (SSSR count). The molecule has 0 radical (unpaired) electrons. The summed E-state index contributed by atoms with van der Waals surface area (Å²) in [6.07, 6.45) is 3.72. The number of aromatic amines is 1. The molecule has 0 spiro atoms. The molecule has 0 aliphatic carbocycles. The van der Waals surface area contributed by atoms with E-state index in [4.69, 9.17) is 5.10 Å². The van der Waals surface area contributed by atoms with Gasteiger partial charge in [0.25, 0.3) is 0 Å². The number of aryl methyl sites for hydroxylation is 1. The normalized spacial score (nSPS) is 12.4. The van der Waals surface area contributed by atoms with Crippen LogP contribution in [0.15, 0.2) is 69.9 Å². The van der Waals surface area contributed by atoms with Crippen molar-refractivity contribution in [1.82, 2.24) is 9.66 Å². The molecule has 0 aliphatic rings. The van der Waals surface area contributed by atoms with Crippen molar-refractivity contribution in [3.05, 3.63) is 75.9 Å². The first-order valence-corrected chi connectivity index (χ1v) is 10.0. The van der Waals surface area contributed by atoms with E-state index >= 15 is 0 Å². The molecular weight excluding hydrogens is 360 g/mol. The predicted octanol–water partition coefficient (Wildman–Crippen LogP) is 5.04. The fourth-order valence-electron chi connectivity index (χ4n) is 2.84. The summed E-state index contributed by atoms with van der Waals surface area (Å²) >= 11 is 3.29. The Kier molecular flexibility index (Phi) is 4.69. The zero-order valence-corrected chi connectivity index (χ0v) is 16.0. The highest BCUT2D eigenvalue weighted by Crippen LogP contribution is 2.25. The Balaban J connectivity index is 1.84. The van der Waals surface area contributed by atoms with Crippen molar-refractivity contribution in [2.45, 2.75) is 6.92 Å². The monoisotopic (exact) mass is 378 g/mol. The summed E-state index contributed by atoms with van der Waals surface area (Å²) < 4.78 is 1.92. The number of rotatable bonds is 5. The number of nitrogens with zero attached hydrogens (tertiary/aromatic N) is 3. The van der Waals surface area contributed by atoms with Gasteiger partial charge in [0.1, 0.15) is 0 Å². The largest absolute Gasteiger partial charge is 0.358 e. The first kappa shape index (κ1) is 16.8. The van der Waals surface area contributed by atoms with Crippen LogP contribution in [0.4, 0.5) is 0 Å². The van der Waals surface area contributed by atoms with Gasteiger partial charge in [-0.25, -0.2) is 4.68 Å². The van der Waals surface area contributed by atoms with Crippen LogP contribution in [0.2, 0.25) is 0 Å². The molecule has 0 amide bonds. The minimum atomic E-state index is 0.575. The van der Waals surface area contributed by atoms with Crippen LogP contribution < -0.4 is 4.80 Å². The number of para-hydroxylation sites is 1. The zero-order valence-electron chi connectivity index (χ0n) is 14.3. The molecule has 1 aromatic carbocycles. The molecule has 0 aliphatic heterocycles. The Bertz CT molecular complexity index is 1140. The van der Waals surface area contributed by atoms with Crippen LogP contribution in [0.5, 0.6) is 0 Å². The predicted molar refractivity (Wildman–Crippen MR) is 112 cm³/mol. The summed E-state index contributed by atoms with van der Waals surface area (Å²) in [7, 11) is 0. The van der Waals surface area contributed by atoms with Crippen molar-refractivity contribution in [3.63, 3.8) is 0 Å². The third kappa shape index (κ3) is 3.09. The minimum absolute atomic E-state index is 0.575. The molecule has 6 heteroatoms. The summed E-state index contributed by atoms with van der Waals surface area (Å²) in [4.78, 5) is 10.0. The van der Waals surface area contributed by atoms with Crippen molar-refractivity contribution < 1.29 is 0 Å². The Hall–Kier alpha value is -2.70. The summed E-state index contributed by atoms with van der Waals surface area (Å²) in [6, 6.07) is 12.4. The van der Waals surface area contributed by atoms with Crippen LogP contribution in [0.25, 0.3) is 21.5 Å². The highest BCUT2D eigenvalue weighted by atomic mass is 32.1. The maximum Gasteiger partial charge on any atom is 0.206 e. The van der Waals surface area contributed by atoms with Crippen molar-refractivity contribution in [2.75, 3.05) is 6.54 Å². The van der Waals surface area contributed by atoms with Crippen molar-refractivity contribution in [2.24, 2.45) is 10.1 Å². The Morgan fingerprint density at radius 2 is 2.08 bits per heavy atom. The molecule has 0 saturated heterocycles. The van der Waals surface area contributed by atoms with Gasteiger partial charge in [-0.1, -0.05) is 30.3 Å². The highest BCUT2D eigenvalue weighted by Gasteiger charge is 2.09. The maximum atomic E-state index is 4.79. The van der Waals surface area contributed by atoms with Crippen LogP contribution in [0.1, 0.15) is 11.3 Å². The third-order valence-corrected chi connectivity index (χ3v) is 5.81. The van der Waals surface area contributed by atoms with E-state index in [2.05, 4.69) is 58.5 Å². The van der Waals surface area contributed by atoms with Crippen LogP contribution in [-0.2, 0) is 0 Å². The average molecular weight is 379 g/mol. The molecule has 3 heterocycles. The van der Waals surface area contributed by atoms with Crippen LogP contribution in [0, 0.1) is 6.92 Å². The van der Waals surface area contributed by atoms with Gasteiger partial charge in [0.15, 0.2) is 0 Å². The van der Waals surface area contributed by atoms with Crippen molar-refractivity contribution >= 4 is 39.8 Å². The number of hydrogen-bond donors (Lipinski definition) is 1. The van der Waals surface area contributed by atoms with E-state index in [9.17, 15) is 0 Å². The van der Waals surface area contributed by atoms with E-state index < -0.39 is 0 Å². The van der Waals surface area contributed by atoms with Gasteiger partial charge in [0.05, 0.1) is 23.3 Å². The summed E-state index contributed by atoms with van der Waals surface area (Å²) in [5, 5.41) is 10.1. The lowest BCUT2D eigenvalue weighted by Crippen LogP contribution is -2.12. The second kappa shape index (κ2) is 7.27. The molecular formula is C20H18N4S2. The number of H-pyrrole nitrogens is 1. The first-order chi connectivity index (χ1) is 12.8. The van der Waals surface area contributed by atoms with Gasteiger partial charge in [-0.3, -0.25) is 4.99 Å². The number of benzene rings is 1. The van der Waals surface area contributed by atoms with Gasteiger partial charge in [0.2, 0.25) is 4.80 Å². The average Bonchev–Trinajstić information content (AvgIpc) is 3.36. The lowest BCUT2D eigenvalue weighted by molar-refractivity contribution is 0.842. The molecule has 0 fully saturated rings. The standard InChI is InChI=1S/C20H18N4S2/c1-3-10-21-20-24(18(13-26-20)19-9-6-11-25-19)22-12-16-14(2)23-17-8-5-4-7-15(16)17/h3-9,11-13,23H,1,10H2,2H3. The Morgan fingerprint density at radius 1 is 1.19 bits per heavy atom. The van der Waals surface area contributed by atoms with E-state index in [0.29, 0.717) is 6.54 Å². The van der Waals surface area contributed by atoms with E-state index in [0.717, 1.165) is 27.3 Å². The third-order valence-electron chi connectivity index (χ3n) is 4.06. The molecule has 4 nitrogen and oxygen atoms in total. The molecule has 26 heavy (non-hydrogen) atoms. The first-order valence-electron chi connectivity index (χ1n) is 8.25. The van der Waals surface area contributed by atoms with E-state index in [-0.39, 0.29) is 0 Å². The number of thiophene rings is 1. The van der Waals surface area contributed by atoms with E-state index in [1.54, 1.807) is 28.7 Å². The lowest BCUT2D eigenvalue weighted by Gasteiger charge is -2.01. The number of thiazole rings is 1. The highest BCUT2D eigenvalue weighted by molar-refractivity contribution is 7.14. The fourth-order valence-corrected chi connectivity index (χ4v) is 4.48. The van der Waals surface area contributed by atoms with Gasteiger partial charge in [-0.15, -0.1) is 29.3 Å². The number of nitrogens with one attached hydrogen (secondary N) is 1. The Labute approximate surface area is 159 Å². The lowest BCUT2D eigenvalue weighted by atomic mass is 10.1. The number of aromatic nitrogens is 2. The summed E-state index contributed by atoms with van der Waals surface area (Å²) in [5.74, 6) is 0. The van der Waals surface area contributed by atoms with Gasteiger partial charge in [0, 0.05) is 27.5 Å². The van der Waals surface area contributed by atoms with Gasteiger partial charge in [-0.05, 0) is 24.4 Å². The fraction of sp³-hybridized carbons (Fsp3) is 0.100. The van der Waals surface area contributed by atoms with Gasteiger partial charge >= 0.3 is 0 Å². The van der Waals surface area contributed by atoms with Crippen molar-refractivity contribution in [1.29, 1.82) is 0 Å². The second-order valence-electron chi connectivity index (χ2n) is 5.78. The Morgan fingerprint density at radius 3 is 2.88 bits per heavy atom. The molecule has 0 unspecified atom stereocenters. The summed E-state index contributed by atoms with van der Waals surface area (Å²) in [5.41, 5.74) is 4.39. The van der Waals surface area contributed by atoms with Crippen LogP contribution >= 0.6 is 22.7 Å².